The first-order valence-corrected chi connectivity index (χ1v) is 8.24. The van der Waals surface area contributed by atoms with Crippen LogP contribution in [0.25, 0.3) is 0 Å². The zero-order valence-electron chi connectivity index (χ0n) is 14.5. The lowest BCUT2D eigenvalue weighted by Gasteiger charge is -2.21. The molecule has 0 N–H and O–H groups in total. The summed E-state index contributed by atoms with van der Waals surface area (Å²) in [6.07, 6.45) is 1.32. The number of hydrogen-bond acceptors (Lipinski definition) is 4. The van der Waals surface area contributed by atoms with Crippen LogP contribution in [0.3, 0.4) is 0 Å². The lowest BCUT2D eigenvalue weighted by atomic mass is 10.0. The number of likely N-dealkylation sites (tertiary alicyclic amines) is 1. The second-order valence-corrected chi connectivity index (χ2v) is 6.09. The van der Waals surface area contributed by atoms with Gasteiger partial charge in [-0.2, -0.15) is 0 Å². The molecule has 1 aliphatic rings. The zero-order valence-corrected chi connectivity index (χ0v) is 14.5. The first-order valence-electron chi connectivity index (χ1n) is 8.24. The number of imide groups is 1. The van der Waals surface area contributed by atoms with Gasteiger partial charge in [0.1, 0.15) is 5.75 Å². The number of para-hydroxylation sites is 1. The fraction of sp³-hybridized carbons (Fsp3) is 0.556. The normalized spacial score (nSPS) is 18.1. The number of rotatable bonds is 7. The van der Waals surface area contributed by atoms with Crippen LogP contribution >= 0.6 is 0 Å². The van der Waals surface area contributed by atoms with E-state index in [1.165, 1.54) is 7.05 Å². The predicted molar refractivity (Wildman–Crippen MR) is 89.3 cm³/mol. The molecule has 0 bridgehead atoms. The Kier molecular flexibility index (Phi) is 5.77. The summed E-state index contributed by atoms with van der Waals surface area (Å²) in [4.78, 5) is 27.2. The third-order valence-corrected chi connectivity index (χ3v) is 4.28. The van der Waals surface area contributed by atoms with Crippen LogP contribution in [0.5, 0.6) is 5.75 Å². The van der Waals surface area contributed by atoms with Gasteiger partial charge in [0.25, 0.3) is 5.91 Å². The van der Waals surface area contributed by atoms with Gasteiger partial charge >= 0.3 is 0 Å². The Morgan fingerprint density at radius 2 is 1.96 bits per heavy atom. The topological polar surface area (TPSA) is 49.9 Å². The number of likely N-dealkylation sites (N-methyl/N-ethyl adjacent to an activating group) is 1. The molecule has 1 aromatic rings. The Balaban J connectivity index is 2.30. The van der Waals surface area contributed by atoms with Crippen molar-refractivity contribution in [1.82, 2.24) is 9.80 Å². The van der Waals surface area contributed by atoms with Gasteiger partial charge in [-0.3, -0.25) is 14.5 Å². The molecular formula is C18H26N2O3. The highest BCUT2D eigenvalue weighted by molar-refractivity contribution is 6.04. The highest BCUT2D eigenvalue weighted by Gasteiger charge is 2.38. The minimum atomic E-state index is -0.698. The minimum absolute atomic E-state index is 0.124. The molecule has 0 aromatic heterocycles. The van der Waals surface area contributed by atoms with Gasteiger partial charge in [0.15, 0.2) is 6.10 Å². The van der Waals surface area contributed by atoms with Gasteiger partial charge in [-0.1, -0.05) is 38.5 Å². The van der Waals surface area contributed by atoms with E-state index in [-0.39, 0.29) is 18.2 Å². The molecule has 126 valence electrons. The first-order chi connectivity index (χ1) is 11.0. The van der Waals surface area contributed by atoms with Crippen molar-refractivity contribution >= 4 is 11.8 Å². The van der Waals surface area contributed by atoms with E-state index in [1.54, 1.807) is 0 Å². The molecule has 1 aromatic carbocycles. The Morgan fingerprint density at radius 3 is 2.52 bits per heavy atom. The number of nitrogens with zero attached hydrogens (tertiary/aromatic N) is 2. The number of carbonyl (C=O) groups is 2. The van der Waals surface area contributed by atoms with E-state index in [0.29, 0.717) is 0 Å². The predicted octanol–water partition coefficient (Wildman–Crippen LogP) is 2.23. The Bertz CT molecular complexity index is 586. The van der Waals surface area contributed by atoms with Crippen LogP contribution in [-0.2, 0) is 22.6 Å². The average molecular weight is 318 g/mol. The maximum Gasteiger partial charge on any atom is 0.270 e. The van der Waals surface area contributed by atoms with Gasteiger partial charge in [-0.15, -0.1) is 0 Å². The van der Waals surface area contributed by atoms with Crippen molar-refractivity contribution in [2.24, 2.45) is 0 Å². The third-order valence-electron chi connectivity index (χ3n) is 4.28. The summed E-state index contributed by atoms with van der Waals surface area (Å²) in [5.74, 6) is 0.340. The molecular weight excluding hydrogens is 292 g/mol. The van der Waals surface area contributed by atoms with Crippen molar-refractivity contribution < 1.29 is 14.3 Å². The highest BCUT2D eigenvalue weighted by atomic mass is 16.5. The van der Waals surface area contributed by atoms with Crippen molar-refractivity contribution in [2.45, 2.75) is 45.8 Å². The van der Waals surface area contributed by atoms with E-state index in [1.807, 2.05) is 25.2 Å². The molecule has 5 heteroatoms. The summed E-state index contributed by atoms with van der Waals surface area (Å²) in [7, 11) is 3.56. The van der Waals surface area contributed by atoms with E-state index in [0.717, 1.165) is 47.7 Å². The van der Waals surface area contributed by atoms with Crippen molar-refractivity contribution in [3.05, 3.63) is 29.3 Å². The van der Waals surface area contributed by atoms with Gasteiger partial charge in [0.2, 0.25) is 5.91 Å². The molecule has 1 aliphatic heterocycles. The second kappa shape index (κ2) is 7.59. The molecule has 2 rings (SSSR count). The van der Waals surface area contributed by atoms with Crippen LogP contribution < -0.4 is 4.74 Å². The maximum atomic E-state index is 12.1. The fourth-order valence-corrected chi connectivity index (χ4v) is 2.74. The smallest absolute Gasteiger partial charge is 0.270 e. The molecule has 23 heavy (non-hydrogen) atoms. The van der Waals surface area contributed by atoms with Crippen LogP contribution in [0.4, 0.5) is 0 Å². The fourth-order valence-electron chi connectivity index (χ4n) is 2.74. The van der Waals surface area contributed by atoms with Crippen molar-refractivity contribution in [3.63, 3.8) is 0 Å². The first kappa shape index (κ1) is 17.5. The van der Waals surface area contributed by atoms with E-state index in [4.69, 9.17) is 4.74 Å². The van der Waals surface area contributed by atoms with Crippen LogP contribution in [0, 0.1) is 0 Å². The molecule has 1 fully saturated rings. The van der Waals surface area contributed by atoms with Gasteiger partial charge in [0, 0.05) is 19.2 Å². The summed E-state index contributed by atoms with van der Waals surface area (Å²) in [6.45, 7) is 5.91. The summed E-state index contributed by atoms with van der Waals surface area (Å²) in [5.41, 5.74) is 2.17. The standard InChI is InChI=1S/C18H26N2O3/c1-5-8-13-9-7-10-14(12-19(3)6-2)17(13)23-15-11-16(21)20(4)18(15)22/h7,9-10,15H,5-6,8,11-12H2,1-4H3. The number of ether oxygens (including phenoxy) is 1. The van der Waals surface area contributed by atoms with Gasteiger partial charge in [-0.25, -0.2) is 0 Å². The Labute approximate surface area is 138 Å². The summed E-state index contributed by atoms with van der Waals surface area (Å²) in [6, 6.07) is 6.11. The molecule has 1 heterocycles. The van der Waals surface area contributed by atoms with Crippen LogP contribution in [0.15, 0.2) is 18.2 Å². The number of hydrogen-bond donors (Lipinski definition) is 0. The number of benzene rings is 1. The largest absolute Gasteiger partial charge is 0.479 e. The van der Waals surface area contributed by atoms with E-state index < -0.39 is 6.10 Å². The maximum absolute atomic E-state index is 12.1. The summed E-state index contributed by atoms with van der Waals surface area (Å²) in [5, 5.41) is 0. The Morgan fingerprint density at radius 1 is 1.26 bits per heavy atom. The molecule has 5 nitrogen and oxygen atoms in total. The Hall–Kier alpha value is -1.88. The molecule has 0 spiro atoms. The van der Waals surface area contributed by atoms with Crippen molar-refractivity contribution in [1.29, 1.82) is 0 Å². The summed E-state index contributed by atoms with van der Waals surface area (Å²) < 4.78 is 6.05. The van der Waals surface area contributed by atoms with E-state index in [9.17, 15) is 9.59 Å². The van der Waals surface area contributed by atoms with Crippen LogP contribution in [-0.4, -0.2) is 48.4 Å². The highest BCUT2D eigenvalue weighted by Crippen LogP contribution is 2.29. The molecule has 0 radical (unpaired) electrons. The molecule has 2 amide bonds. The van der Waals surface area contributed by atoms with Crippen molar-refractivity contribution in [2.75, 3.05) is 20.6 Å². The second-order valence-electron chi connectivity index (χ2n) is 6.09. The average Bonchev–Trinajstić information content (AvgIpc) is 2.77. The monoisotopic (exact) mass is 318 g/mol. The van der Waals surface area contributed by atoms with Gasteiger partial charge in [-0.05, 0) is 25.6 Å². The summed E-state index contributed by atoms with van der Waals surface area (Å²) >= 11 is 0. The lowest BCUT2D eigenvalue weighted by Crippen LogP contribution is -2.31. The number of carbonyl (C=O) groups excluding carboxylic acids is 2. The zero-order chi connectivity index (χ0) is 17.0. The van der Waals surface area contributed by atoms with Gasteiger partial charge in [0.05, 0.1) is 6.42 Å². The van der Waals surface area contributed by atoms with E-state index in [2.05, 4.69) is 18.7 Å². The molecule has 1 saturated heterocycles. The molecule has 0 saturated carbocycles. The number of amides is 2. The SMILES string of the molecule is CCCc1cccc(CN(C)CC)c1OC1CC(=O)N(C)C1=O. The molecule has 0 aliphatic carbocycles. The molecule has 1 atom stereocenters. The lowest BCUT2D eigenvalue weighted by molar-refractivity contribution is -0.138. The van der Waals surface area contributed by atoms with Gasteiger partial charge < -0.3 is 9.64 Å². The third kappa shape index (κ3) is 3.91. The number of aryl methyl sites for hydroxylation is 1. The van der Waals surface area contributed by atoms with E-state index >= 15 is 0 Å². The van der Waals surface area contributed by atoms with Crippen LogP contribution in [0.2, 0.25) is 0 Å². The quantitative estimate of drug-likeness (QED) is 0.723. The minimum Gasteiger partial charge on any atom is -0.479 e. The van der Waals surface area contributed by atoms with Crippen LogP contribution in [0.1, 0.15) is 37.8 Å². The van der Waals surface area contributed by atoms with Crippen molar-refractivity contribution in [3.8, 4) is 5.75 Å². The molecule has 1 unspecified atom stereocenters.